The minimum atomic E-state index is 0.199. The second kappa shape index (κ2) is 6.50. The Morgan fingerprint density at radius 3 is 2.06 bits per heavy atom. The quantitative estimate of drug-likeness (QED) is 0.827. The molecule has 2 N–H and O–H groups in total. The van der Waals surface area contributed by atoms with Gasteiger partial charge < -0.3 is 15.2 Å². The molecule has 0 amide bonds. The largest absolute Gasteiger partial charge is 0.497 e. The first-order chi connectivity index (χ1) is 8.04. The second-order valence-corrected chi connectivity index (χ2v) is 4.68. The van der Waals surface area contributed by atoms with Crippen molar-refractivity contribution in [1.29, 1.82) is 0 Å². The van der Waals surface area contributed by atoms with Crippen LogP contribution in [0.5, 0.6) is 11.5 Å². The predicted molar refractivity (Wildman–Crippen MR) is 70.5 cm³/mol. The van der Waals surface area contributed by atoms with Crippen LogP contribution in [0.3, 0.4) is 0 Å². The molecule has 3 nitrogen and oxygen atoms in total. The van der Waals surface area contributed by atoms with E-state index in [1.54, 1.807) is 7.11 Å². The summed E-state index contributed by atoms with van der Waals surface area (Å²) in [5, 5.41) is 0. The van der Waals surface area contributed by atoms with Crippen molar-refractivity contribution in [2.45, 2.75) is 26.8 Å². The Labute approximate surface area is 104 Å². The van der Waals surface area contributed by atoms with Crippen LogP contribution in [0.2, 0.25) is 0 Å². The molecule has 0 aliphatic rings. The third-order valence-corrected chi connectivity index (χ3v) is 3.30. The summed E-state index contributed by atoms with van der Waals surface area (Å²) in [6.45, 7) is 7.05. The Morgan fingerprint density at radius 1 is 1.06 bits per heavy atom. The Kier molecular flexibility index (Phi) is 5.29. The Balaban J connectivity index is 2.44. The van der Waals surface area contributed by atoms with E-state index in [2.05, 4.69) is 13.8 Å². The van der Waals surface area contributed by atoms with Gasteiger partial charge in [0, 0.05) is 6.04 Å². The van der Waals surface area contributed by atoms with Crippen LogP contribution in [-0.4, -0.2) is 19.8 Å². The molecule has 0 aliphatic heterocycles. The highest BCUT2D eigenvalue weighted by Crippen LogP contribution is 2.20. The van der Waals surface area contributed by atoms with Gasteiger partial charge in [-0.15, -0.1) is 0 Å². The van der Waals surface area contributed by atoms with Crippen LogP contribution in [0.1, 0.15) is 20.8 Å². The standard InChI is InChI=1S/C14H23NO2/c1-10(11(2)12(3)15)9-17-14-7-5-13(16-4)6-8-14/h5-8,10-12H,9,15H2,1-4H3. The van der Waals surface area contributed by atoms with Gasteiger partial charge in [-0.1, -0.05) is 13.8 Å². The molecule has 0 aromatic heterocycles. The van der Waals surface area contributed by atoms with Gasteiger partial charge in [-0.3, -0.25) is 0 Å². The minimum Gasteiger partial charge on any atom is -0.497 e. The molecule has 0 aliphatic carbocycles. The first kappa shape index (κ1) is 13.8. The average molecular weight is 237 g/mol. The lowest BCUT2D eigenvalue weighted by Crippen LogP contribution is -2.31. The van der Waals surface area contributed by atoms with E-state index in [0.717, 1.165) is 11.5 Å². The van der Waals surface area contributed by atoms with E-state index in [-0.39, 0.29) is 6.04 Å². The van der Waals surface area contributed by atoms with Crippen molar-refractivity contribution in [3.8, 4) is 11.5 Å². The zero-order valence-corrected chi connectivity index (χ0v) is 11.1. The molecule has 3 heteroatoms. The van der Waals surface area contributed by atoms with Crippen molar-refractivity contribution in [1.82, 2.24) is 0 Å². The summed E-state index contributed by atoms with van der Waals surface area (Å²) in [6.07, 6.45) is 0. The molecule has 1 rings (SSSR count). The number of hydrogen-bond acceptors (Lipinski definition) is 3. The topological polar surface area (TPSA) is 44.5 Å². The zero-order valence-electron chi connectivity index (χ0n) is 11.1. The summed E-state index contributed by atoms with van der Waals surface area (Å²) in [5.74, 6) is 2.61. The highest BCUT2D eigenvalue weighted by atomic mass is 16.5. The van der Waals surface area contributed by atoms with Crippen molar-refractivity contribution in [2.24, 2.45) is 17.6 Å². The van der Waals surface area contributed by atoms with Crippen molar-refractivity contribution < 1.29 is 9.47 Å². The van der Waals surface area contributed by atoms with Gasteiger partial charge in [0.25, 0.3) is 0 Å². The summed E-state index contributed by atoms with van der Waals surface area (Å²) in [7, 11) is 1.66. The van der Waals surface area contributed by atoms with Gasteiger partial charge in [0.2, 0.25) is 0 Å². The third kappa shape index (κ3) is 4.27. The van der Waals surface area contributed by atoms with Gasteiger partial charge in [0.1, 0.15) is 11.5 Å². The fourth-order valence-corrected chi connectivity index (χ4v) is 1.57. The van der Waals surface area contributed by atoms with Crippen LogP contribution in [0.4, 0.5) is 0 Å². The van der Waals surface area contributed by atoms with Gasteiger partial charge in [0.05, 0.1) is 13.7 Å². The fourth-order valence-electron chi connectivity index (χ4n) is 1.57. The molecule has 3 atom stereocenters. The van der Waals surface area contributed by atoms with Crippen molar-refractivity contribution in [3.63, 3.8) is 0 Å². The SMILES string of the molecule is COc1ccc(OCC(C)C(C)C(C)N)cc1. The molecule has 1 aromatic rings. The molecule has 0 saturated carbocycles. The fraction of sp³-hybridized carbons (Fsp3) is 0.571. The maximum Gasteiger partial charge on any atom is 0.119 e. The molecule has 17 heavy (non-hydrogen) atoms. The van der Waals surface area contributed by atoms with Gasteiger partial charge in [-0.05, 0) is 43.0 Å². The van der Waals surface area contributed by atoms with E-state index in [1.165, 1.54) is 0 Å². The van der Waals surface area contributed by atoms with E-state index in [9.17, 15) is 0 Å². The molecule has 0 saturated heterocycles. The summed E-state index contributed by atoms with van der Waals surface area (Å²) in [4.78, 5) is 0. The Bertz CT molecular complexity index is 321. The first-order valence-corrected chi connectivity index (χ1v) is 6.07. The molecule has 96 valence electrons. The predicted octanol–water partition coefficient (Wildman–Crippen LogP) is 2.69. The van der Waals surface area contributed by atoms with E-state index in [4.69, 9.17) is 15.2 Å². The van der Waals surface area contributed by atoms with Gasteiger partial charge >= 0.3 is 0 Å². The van der Waals surface area contributed by atoms with Crippen LogP contribution in [-0.2, 0) is 0 Å². The Hall–Kier alpha value is -1.22. The number of rotatable bonds is 6. The smallest absolute Gasteiger partial charge is 0.119 e. The number of ether oxygens (including phenoxy) is 2. The van der Waals surface area contributed by atoms with Crippen molar-refractivity contribution in [2.75, 3.05) is 13.7 Å². The summed E-state index contributed by atoms with van der Waals surface area (Å²) in [5.41, 5.74) is 5.87. The molecule has 0 spiro atoms. The Morgan fingerprint density at radius 2 is 1.59 bits per heavy atom. The van der Waals surface area contributed by atoms with Crippen LogP contribution in [0, 0.1) is 11.8 Å². The normalized spacial score (nSPS) is 16.1. The van der Waals surface area contributed by atoms with Crippen molar-refractivity contribution >= 4 is 0 Å². The minimum absolute atomic E-state index is 0.199. The molecule has 0 fully saturated rings. The van der Waals surface area contributed by atoms with E-state index < -0.39 is 0 Å². The number of nitrogens with two attached hydrogens (primary N) is 1. The summed E-state index contributed by atoms with van der Waals surface area (Å²) in [6, 6.07) is 7.83. The summed E-state index contributed by atoms with van der Waals surface area (Å²) >= 11 is 0. The molecule has 0 heterocycles. The maximum atomic E-state index is 5.87. The van der Waals surface area contributed by atoms with Gasteiger partial charge in [0.15, 0.2) is 0 Å². The molecular weight excluding hydrogens is 214 g/mol. The number of hydrogen-bond donors (Lipinski definition) is 1. The highest BCUT2D eigenvalue weighted by Gasteiger charge is 2.16. The van der Waals surface area contributed by atoms with E-state index >= 15 is 0 Å². The molecule has 3 unspecified atom stereocenters. The number of methoxy groups -OCH3 is 1. The van der Waals surface area contributed by atoms with Crippen molar-refractivity contribution in [3.05, 3.63) is 24.3 Å². The lowest BCUT2D eigenvalue weighted by molar-refractivity contribution is 0.202. The summed E-state index contributed by atoms with van der Waals surface area (Å²) < 4.78 is 10.8. The van der Waals surface area contributed by atoms with E-state index in [0.29, 0.717) is 18.4 Å². The highest BCUT2D eigenvalue weighted by molar-refractivity contribution is 5.31. The number of benzene rings is 1. The lowest BCUT2D eigenvalue weighted by Gasteiger charge is -2.23. The second-order valence-electron chi connectivity index (χ2n) is 4.68. The molecule has 1 aromatic carbocycles. The van der Waals surface area contributed by atoms with Crippen LogP contribution in [0.25, 0.3) is 0 Å². The van der Waals surface area contributed by atoms with Gasteiger partial charge in [-0.25, -0.2) is 0 Å². The third-order valence-electron chi connectivity index (χ3n) is 3.30. The van der Waals surface area contributed by atoms with Gasteiger partial charge in [-0.2, -0.15) is 0 Å². The van der Waals surface area contributed by atoms with E-state index in [1.807, 2.05) is 31.2 Å². The monoisotopic (exact) mass is 237 g/mol. The molecule has 0 radical (unpaired) electrons. The molecular formula is C14H23NO2. The first-order valence-electron chi connectivity index (χ1n) is 6.07. The lowest BCUT2D eigenvalue weighted by atomic mass is 9.91. The van der Waals surface area contributed by atoms with Crippen LogP contribution in [0.15, 0.2) is 24.3 Å². The van der Waals surface area contributed by atoms with Crippen LogP contribution >= 0.6 is 0 Å². The average Bonchev–Trinajstić information content (AvgIpc) is 2.35. The zero-order chi connectivity index (χ0) is 12.8. The maximum absolute atomic E-state index is 5.87. The molecule has 0 bridgehead atoms. The van der Waals surface area contributed by atoms with Crippen LogP contribution < -0.4 is 15.2 Å².